The number of terminal acetylenes is 1. The van der Waals surface area contributed by atoms with Crippen LogP contribution in [0.1, 0.15) is 11.1 Å². The lowest BCUT2D eigenvalue weighted by Crippen LogP contribution is -3.07. The first-order chi connectivity index (χ1) is 7.70. The number of benzene rings is 1. The molecule has 1 heterocycles. The zero-order valence-electron chi connectivity index (χ0n) is 9.13. The molecule has 4 heteroatoms. The summed E-state index contributed by atoms with van der Waals surface area (Å²) in [6.45, 7) is 1.60. The number of halogens is 1. The number of nitrogens with one attached hydrogen (secondary N) is 1. The van der Waals surface area contributed by atoms with Crippen LogP contribution in [0.3, 0.4) is 0 Å². The van der Waals surface area contributed by atoms with Crippen LogP contribution in [0.5, 0.6) is 11.5 Å². The lowest BCUT2D eigenvalue weighted by molar-refractivity contribution is -0.846. The number of rotatable bonds is 0. The molecular formula is C12H15BrNO2+. The molecule has 1 aromatic rings. The zero-order valence-corrected chi connectivity index (χ0v) is 10.7. The fourth-order valence-electron chi connectivity index (χ4n) is 1.79. The third-order valence-electron chi connectivity index (χ3n) is 2.60. The number of phenolic OH excluding ortho intramolecular Hbond substituents is 2. The lowest BCUT2D eigenvalue weighted by Gasteiger charge is -2.20. The Morgan fingerprint density at radius 1 is 1.25 bits per heavy atom. The van der Waals surface area contributed by atoms with Crippen molar-refractivity contribution in [1.82, 2.24) is 0 Å². The van der Waals surface area contributed by atoms with Gasteiger partial charge in [-0.2, -0.15) is 0 Å². The molecule has 0 spiro atoms. The third kappa shape index (κ3) is 2.69. The smallest absolute Gasteiger partial charge is 0.157 e. The van der Waals surface area contributed by atoms with Crippen molar-refractivity contribution in [2.24, 2.45) is 0 Å². The van der Waals surface area contributed by atoms with E-state index in [1.807, 2.05) is 5.83 Å². The van der Waals surface area contributed by atoms with E-state index < -0.39 is 0 Å². The number of fused-ring (bicyclic) bond motifs is 1. The Morgan fingerprint density at radius 2 is 1.81 bits per heavy atom. The predicted molar refractivity (Wildman–Crippen MR) is 66.7 cm³/mol. The maximum absolute atomic E-state index is 9.32. The molecule has 0 saturated heterocycles. The van der Waals surface area contributed by atoms with Gasteiger partial charge in [0.25, 0.3) is 0 Å². The molecule has 0 amide bonds. The van der Waals surface area contributed by atoms with E-state index >= 15 is 0 Å². The Morgan fingerprint density at radius 3 is 2.38 bits per heavy atom. The van der Waals surface area contributed by atoms with E-state index in [-0.39, 0.29) is 11.5 Å². The molecule has 2 rings (SSSR count). The molecule has 86 valence electrons. The molecular weight excluding hydrogens is 270 g/mol. The first-order valence-electron chi connectivity index (χ1n) is 4.93. The van der Waals surface area contributed by atoms with Crippen molar-refractivity contribution < 1.29 is 15.1 Å². The normalized spacial score (nSPS) is 17.7. The fourth-order valence-corrected chi connectivity index (χ4v) is 1.79. The van der Waals surface area contributed by atoms with Gasteiger partial charge in [0.15, 0.2) is 11.5 Å². The summed E-state index contributed by atoms with van der Waals surface area (Å²) >= 11 is 2.94. The van der Waals surface area contributed by atoms with Crippen molar-refractivity contribution >= 4 is 15.9 Å². The third-order valence-corrected chi connectivity index (χ3v) is 2.60. The van der Waals surface area contributed by atoms with E-state index in [2.05, 4.69) is 22.0 Å². The standard InChI is InChI=1S/C11H11NO2.CH3Br/c1-2-12-4-3-8-5-10(13)11(14)6-9(8)7-12;1-2/h1,5-6,13-14H,3-4,7H2;1H3/p+1. The second kappa shape index (κ2) is 5.78. The van der Waals surface area contributed by atoms with Crippen LogP contribution in [0, 0.1) is 12.5 Å². The summed E-state index contributed by atoms with van der Waals surface area (Å²) in [7, 11) is 0. The molecule has 0 aliphatic carbocycles. The summed E-state index contributed by atoms with van der Waals surface area (Å²) in [6.07, 6.45) is 6.18. The monoisotopic (exact) mass is 284 g/mol. The van der Waals surface area contributed by atoms with Gasteiger partial charge < -0.3 is 10.2 Å². The number of quaternary nitrogens is 1. The number of alkyl halides is 1. The van der Waals surface area contributed by atoms with Crippen LogP contribution in [-0.2, 0) is 13.0 Å². The highest BCUT2D eigenvalue weighted by atomic mass is 79.9. The summed E-state index contributed by atoms with van der Waals surface area (Å²) in [5.41, 5.74) is 2.11. The predicted octanol–water partition coefficient (Wildman–Crippen LogP) is 0.641. The van der Waals surface area contributed by atoms with Crippen molar-refractivity contribution in [2.45, 2.75) is 13.0 Å². The summed E-state index contributed by atoms with van der Waals surface area (Å²) in [5, 5.41) is 18.6. The van der Waals surface area contributed by atoms with Gasteiger partial charge in [0.05, 0.1) is 6.54 Å². The van der Waals surface area contributed by atoms with E-state index in [4.69, 9.17) is 6.42 Å². The zero-order chi connectivity index (χ0) is 12.1. The highest BCUT2D eigenvalue weighted by Crippen LogP contribution is 2.28. The van der Waals surface area contributed by atoms with Crippen molar-refractivity contribution in [3.8, 4) is 24.0 Å². The van der Waals surface area contributed by atoms with Gasteiger partial charge in [-0.1, -0.05) is 22.4 Å². The molecule has 1 aliphatic rings. The second-order valence-electron chi connectivity index (χ2n) is 3.53. The van der Waals surface area contributed by atoms with Gasteiger partial charge in [-0.15, -0.1) is 0 Å². The molecule has 1 unspecified atom stereocenters. The quantitative estimate of drug-likeness (QED) is 0.372. The molecule has 16 heavy (non-hydrogen) atoms. The molecule has 1 atom stereocenters. The van der Waals surface area contributed by atoms with Crippen molar-refractivity contribution in [1.29, 1.82) is 0 Å². The Labute approximate surface area is 104 Å². The average molecular weight is 285 g/mol. The molecule has 0 aromatic heterocycles. The summed E-state index contributed by atoms with van der Waals surface area (Å²) < 4.78 is 0. The van der Waals surface area contributed by atoms with E-state index in [0.29, 0.717) is 0 Å². The van der Waals surface area contributed by atoms with Gasteiger partial charge in [0.1, 0.15) is 12.6 Å². The van der Waals surface area contributed by atoms with E-state index in [1.165, 1.54) is 0 Å². The number of hydrogen-bond acceptors (Lipinski definition) is 2. The van der Waals surface area contributed by atoms with Crippen molar-refractivity contribution in [3.05, 3.63) is 23.3 Å². The van der Waals surface area contributed by atoms with Crippen LogP contribution in [0.15, 0.2) is 12.1 Å². The SMILES string of the molecule is C#C[NH+]1CCc2cc(O)c(O)cc2C1.CBr. The minimum Gasteiger partial charge on any atom is -0.504 e. The highest BCUT2D eigenvalue weighted by molar-refractivity contribution is 9.08. The van der Waals surface area contributed by atoms with Crippen LogP contribution in [0.25, 0.3) is 0 Å². The number of aromatic hydroxyl groups is 2. The largest absolute Gasteiger partial charge is 0.504 e. The molecule has 0 saturated carbocycles. The van der Waals surface area contributed by atoms with Gasteiger partial charge >= 0.3 is 0 Å². The minimum absolute atomic E-state index is 0.0482. The molecule has 1 aliphatic heterocycles. The van der Waals surface area contributed by atoms with Crippen LogP contribution in [0.4, 0.5) is 0 Å². The molecule has 0 radical (unpaired) electrons. The van der Waals surface area contributed by atoms with E-state index in [0.717, 1.165) is 35.5 Å². The Hall–Kier alpha value is -1.18. The first kappa shape index (κ1) is 12.9. The summed E-state index contributed by atoms with van der Waals surface area (Å²) in [6, 6.07) is 5.87. The molecule has 1 aromatic carbocycles. The fraction of sp³-hybridized carbons (Fsp3) is 0.333. The maximum atomic E-state index is 9.32. The van der Waals surface area contributed by atoms with Gasteiger partial charge in [0.2, 0.25) is 0 Å². The second-order valence-corrected chi connectivity index (χ2v) is 3.53. The van der Waals surface area contributed by atoms with Gasteiger partial charge in [-0.25, -0.2) is 0 Å². The van der Waals surface area contributed by atoms with Crippen molar-refractivity contribution in [3.63, 3.8) is 0 Å². The topological polar surface area (TPSA) is 44.9 Å². The molecule has 0 bridgehead atoms. The van der Waals surface area contributed by atoms with Gasteiger partial charge in [0, 0.05) is 12.0 Å². The van der Waals surface area contributed by atoms with Crippen LogP contribution in [-0.4, -0.2) is 22.6 Å². The first-order valence-corrected chi connectivity index (χ1v) is 6.52. The lowest BCUT2D eigenvalue weighted by atomic mass is 9.99. The number of phenols is 2. The molecule has 3 N–H and O–H groups in total. The summed E-state index contributed by atoms with van der Waals surface area (Å²) in [5.74, 6) is 1.70. The highest BCUT2D eigenvalue weighted by Gasteiger charge is 2.19. The van der Waals surface area contributed by atoms with Crippen LogP contribution >= 0.6 is 15.9 Å². The summed E-state index contributed by atoms with van der Waals surface area (Å²) in [4.78, 5) is 1.06. The van der Waals surface area contributed by atoms with Gasteiger partial charge in [-0.05, 0) is 23.5 Å². The number of hydrogen-bond donors (Lipinski definition) is 3. The van der Waals surface area contributed by atoms with E-state index in [9.17, 15) is 10.2 Å². The molecule has 0 fully saturated rings. The average Bonchev–Trinajstić information content (AvgIpc) is 2.33. The van der Waals surface area contributed by atoms with Crippen LogP contribution in [0.2, 0.25) is 0 Å². The van der Waals surface area contributed by atoms with Gasteiger partial charge in [-0.3, -0.25) is 4.90 Å². The Kier molecular flexibility index (Phi) is 4.66. The minimum atomic E-state index is -0.0676. The molecule has 3 nitrogen and oxygen atoms in total. The van der Waals surface area contributed by atoms with E-state index in [1.54, 1.807) is 12.1 Å². The maximum Gasteiger partial charge on any atom is 0.157 e. The Bertz CT molecular complexity index is 412. The van der Waals surface area contributed by atoms with Crippen LogP contribution < -0.4 is 4.90 Å². The van der Waals surface area contributed by atoms with Crippen molar-refractivity contribution in [2.75, 3.05) is 12.4 Å². The Balaban J connectivity index is 0.000000606.